The van der Waals surface area contributed by atoms with E-state index in [-0.39, 0.29) is 10.1 Å². The highest BCUT2D eigenvalue weighted by Gasteiger charge is 2.28. The van der Waals surface area contributed by atoms with Gasteiger partial charge in [0, 0.05) is 10.5 Å². The Bertz CT molecular complexity index is 319. The van der Waals surface area contributed by atoms with Crippen LogP contribution in [0, 0.1) is 0 Å². The van der Waals surface area contributed by atoms with E-state index >= 15 is 0 Å². The summed E-state index contributed by atoms with van der Waals surface area (Å²) in [4.78, 5) is 20.9. The molecule has 2 N–H and O–H groups in total. The fourth-order valence-corrected chi connectivity index (χ4v) is 13.0. The molecule has 2 aliphatic carbocycles. The molecule has 0 bridgehead atoms. The Morgan fingerprint density at radius 2 is 0.905 bits per heavy atom. The highest BCUT2D eigenvalue weighted by atomic mass is 32.9. The summed E-state index contributed by atoms with van der Waals surface area (Å²) in [6.07, 6.45) is 17.9. The summed E-state index contributed by atoms with van der Waals surface area (Å²) < 4.78 is 0. The molecule has 0 aliphatic heterocycles. The van der Waals surface area contributed by atoms with Gasteiger partial charge in [0.1, 0.15) is 0 Å². The number of rotatable bonds is 2. The Kier molecular flexibility index (Phi) is 8.21. The van der Waals surface area contributed by atoms with Gasteiger partial charge in [0.2, 0.25) is 0 Å². The maximum absolute atomic E-state index is 10.4. The molecule has 0 amide bonds. The van der Waals surface area contributed by atoms with Gasteiger partial charge in [-0.05, 0) is 25.7 Å². The van der Waals surface area contributed by atoms with Gasteiger partial charge in [-0.1, -0.05) is 76.5 Å². The van der Waals surface area contributed by atoms with Crippen molar-refractivity contribution in [1.82, 2.24) is 0 Å². The first-order valence-corrected chi connectivity index (χ1v) is 13.7. The van der Waals surface area contributed by atoms with Crippen LogP contribution in [0.15, 0.2) is 0 Å². The Morgan fingerprint density at radius 1 is 0.619 bits per heavy atom. The van der Waals surface area contributed by atoms with Gasteiger partial charge in [0.05, 0.1) is 0 Å². The van der Waals surface area contributed by atoms with E-state index in [0.717, 1.165) is 0 Å². The molecule has 0 aromatic heterocycles. The number of thiol groups is 1. The van der Waals surface area contributed by atoms with E-state index in [1.54, 1.807) is 0 Å². The Labute approximate surface area is 138 Å². The molecule has 2 aliphatic rings. The maximum Gasteiger partial charge on any atom is 0.199 e. The van der Waals surface area contributed by atoms with Crippen LogP contribution >= 0.6 is 17.9 Å². The smallest absolute Gasteiger partial charge is 0.199 e. The lowest BCUT2D eigenvalue weighted by molar-refractivity contribution is 0.486. The Balaban J connectivity index is 2.16. The summed E-state index contributed by atoms with van der Waals surface area (Å²) in [7, 11) is -0.266. The third-order valence-corrected chi connectivity index (χ3v) is 13.1. The Hall–Kier alpha value is 1.05. The minimum Gasteiger partial charge on any atom is -0.341 e. The molecule has 2 saturated carbocycles. The summed E-state index contributed by atoms with van der Waals surface area (Å²) in [6.45, 7) is 0. The number of hydrogen-bond donors (Lipinski definition) is 3. The van der Waals surface area contributed by atoms with Gasteiger partial charge in [0.25, 0.3) is 0 Å². The van der Waals surface area contributed by atoms with Gasteiger partial charge in [-0.3, -0.25) is 0 Å². The minimum absolute atomic E-state index is 0.266. The highest BCUT2D eigenvalue weighted by molar-refractivity contribution is 8.66. The molecule has 5 heteroatoms. The molecule has 2 nitrogen and oxygen atoms in total. The quantitative estimate of drug-likeness (QED) is 0.458. The van der Waals surface area contributed by atoms with Gasteiger partial charge >= 0.3 is 0 Å². The topological polar surface area (TPSA) is 40.5 Å². The lowest BCUT2D eigenvalue weighted by Gasteiger charge is -2.34. The fraction of sp³-hybridized carbons (Fsp3) is 1.00. The lowest BCUT2D eigenvalue weighted by atomic mass is 10.00. The van der Waals surface area contributed by atoms with E-state index in [1.165, 1.54) is 89.9 Å². The van der Waals surface area contributed by atoms with Gasteiger partial charge in [-0.25, -0.2) is 0 Å². The second kappa shape index (κ2) is 9.37. The fourth-order valence-electron chi connectivity index (χ4n) is 3.99. The van der Waals surface area contributed by atoms with Crippen LogP contribution in [0.3, 0.4) is 0 Å². The monoisotopic (exact) mass is 352 g/mol. The van der Waals surface area contributed by atoms with Crippen LogP contribution in [-0.4, -0.2) is 20.3 Å². The molecular weight excluding hydrogens is 319 g/mol. The van der Waals surface area contributed by atoms with Crippen LogP contribution in [0.4, 0.5) is 0 Å². The molecule has 2 rings (SSSR count). The zero-order valence-corrected chi connectivity index (χ0v) is 15.9. The summed E-state index contributed by atoms with van der Waals surface area (Å²) >= 11 is 4.33. The molecule has 0 atom stereocenters. The molecule has 0 spiro atoms. The predicted octanol–water partition coefficient (Wildman–Crippen LogP) is 5.42. The molecule has 0 aromatic rings. The van der Waals surface area contributed by atoms with Crippen molar-refractivity contribution in [3.8, 4) is 0 Å². The molecule has 0 saturated heterocycles. The molecule has 0 aromatic carbocycles. The number of hydrogen-bond acceptors (Lipinski definition) is 0. The van der Waals surface area contributed by atoms with E-state index in [9.17, 15) is 9.79 Å². The van der Waals surface area contributed by atoms with Gasteiger partial charge in [-0.2, -0.15) is 0 Å². The first-order chi connectivity index (χ1) is 10.1. The molecule has 0 radical (unpaired) electrons. The summed E-state index contributed by atoms with van der Waals surface area (Å²) in [6, 6.07) is 0. The van der Waals surface area contributed by atoms with Crippen molar-refractivity contribution >= 4 is 28.0 Å². The standard InChI is InChI=1S/C16H33O2PS2/c17-19(18,20)21(15-11-7-3-1-4-8-12-15)16-13-9-5-2-6-10-14-16/h15-18,20H,1-14H2. The average Bonchev–Trinajstić information content (AvgIpc) is 2.32. The normalized spacial score (nSPS) is 25.1. The predicted molar refractivity (Wildman–Crippen MR) is 99.9 cm³/mol. The van der Waals surface area contributed by atoms with Crippen molar-refractivity contribution in [3.63, 3.8) is 0 Å². The molecule has 21 heavy (non-hydrogen) atoms. The van der Waals surface area contributed by atoms with Crippen LogP contribution in [-0.2, 0) is 10.1 Å². The summed E-state index contributed by atoms with van der Waals surface area (Å²) in [5.41, 5.74) is -3.01. The largest absolute Gasteiger partial charge is 0.341 e. The third kappa shape index (κ3) is 6.22. The zero-order chi connectivity index (χ0) is 15.1. The molecule has 0 unspecified atom stereocenters. The summed E-state index contributed by atoms with van der Waals surface area (Å²) in [5.74, 6) is 0. The van der Waals surface area contributed by atoms with Crippen molar-refractivity contribution in [1.29, 1.82) is 0 Å². The van der Waals surface area contributed by atoms with Gasteiger partial charge in [0.15, 0.2) is 5.69 Å². The van der Waals surface area contributed by atoms with Crippen molar-refractivity contribution in [2.24, 2.45) is 0 Å². The average molecular weight is 353 g/mol. The Morgan fingerprint density at radius 3 is 1.19 bits per heavy atom. The molecule has 0 heterocycles. The zero-order valence-electron chi connectivity index (χ0n) is 13.3. The van der Waals surface area contributed by atoms with E-state index in [4.69, 9.17) is 0 Å². The summed E-state index contributed by atoms with van der Waals surface area (Å²) in [5, 5.41) is 1.05. The SMILES string of the molecule is OP(O)(S)=S(C1CCCCCCC1)C1CCCCCCC1. The second-order valence-corrected chi connectivity index (χ2v) is 15.1. The van der Waals surface area contributed by atoms with Crippen LogP contribution < -0.4 is 0 Å². The highest BCUT2D eigenvalue weighted by Crippen LogP contribution is 2.52. The molecule has 2 fully saturated rings. The van der Waals surface area contributed by atoms with Crippen molar-refractivity contribution in [3.05, 3.63) is 0 Å². The van der Waals surface area contributed by atoms with Crippen molar-refractivity contribution in [2.75, 3.05) is 0 Å². The second-order valence-electron chi connectivity index (χ2n) is 6.79. The van der Waals surface area contributed by atoms with Crippen LogP contribution in [0.25, 0.3) is 0 Å². The van der Waals surface area contributed by atoms with Crippen molar-refractivity contribution in [2.45, 2.75) is 100 Å². The lowest BCUT2D eigenvalue weighted by Crippen LogP contribution is -2.28. The van der Waals surface area contributed by atoms with E-state index in [1.807, 2.05) is 0 Å². The van der Waals surface area contributed by atoms with Crippen molar-refractivity contribution < 1.29 is 9.79 Å². The van der Waals surface area contributed by atoms with Crippen LogP contribution in [0.2, 0.25) is 0 Å². The van der Waals surface area contributed by atoms with E-state index in [0.29, 0.717) is 10.5 Å². The van der Waals surface area contributed by atoms with E-state index < -0.39 is 5.69 Å². The third-order valence-electron chi connectivity index (χ3n) is 5.07. The minimum atomic E-state index is -3.01. The first-order valence-electron chi connectivity index (χ1n) is 8.89. The molecular formula is C16H33O2PS2. The van der Waals surface area contributed by atoms with E-state index in [2.05, 4.69) is 12.2 Å². The molecule has 126 valence electrons. The van der Waals surface area contributed by atoms with Crippen LogP contribution in [0.5, 0.6) is 0 Å². The van der Waals surface area contributed by atoms with Gasteiger partial charge in [-0.15, -0.1) is 10.1 Å². The van der Waals surface area contributed by atoms with Gasteiger partial charge < -0.3 is 9.79 Å². The first kappa shape index (κ1) is 18.4. The van der Waals surface area contributed by atoms with Crippen LogP contribution in [0.1, 0.15) is 89.9 Å². The maximum atomic E-state index is 10.4.